The maximum Gasteiger partial charge on any atom is 0.494 e. The van der Waals surface area contributed by atoms with E-state index in [0.717, 1.165) is 16.7 Å². The van der Waals surface area contributed by atoms with Gasteiger partial charge in [-0.25, -0.2) is 9.78 Å². The highest BCUT2D eigenvalue weighted by Crippen LogP contribution is 2.38. The van der Waals surface area contributed by atoms with Gasteiger partial charge in [0.05, 0.1) is 36.8 Å². The van der Waals surface area contributed by atoms with E-state index in [1.54, 1.807) is 11.1 Å². The molecule has 1 unspecified atom stereocenters. The molecule has 10 nitrogen and oxygen atoms in total. The average Bonchev–Trinajstić information content (AvgIpc) is 3.50. The summed E-state index contributed by atoms with van der Waals surface area (Å²) in [6.07, 6.45) is 1.09. The van der Waals surface area contributed by atoms with Crippen LogP contribution in [0.5, 0.6) is 0 Å². The van der Waals surface area contributed by atoms with Crippen molar-refractivity contribution in [2.45, 2.75) is 84.4 Å². The van der Waals surface area contributed by atoms with Crippen LogP contribution in [0, 0.1) is 5.92 Å². The molecular formula is C27H39BN4O6. The number of benzene rings is 1. The normalized spacial score (nSPS) is 22.5. The van der Waals surface area contributed by atoms with Crippen LogP contribution in [0.4, 0.5) is 4.79 Å². The molecule has 1 aromatic carbocycles. The Hall–Kier alpha value is -2.89. The number of aromatic amines is 1. The molecule has 2 aliphatic rings. The van der Waals surface area contributed by atoms with E-state index >= 15 is 0 Å². The topological polar surface area (TPSA) is 115 Å². The van der Waals surface area contributed by atoms with Gasteiger partial charge in [0.25, 0.3) is 0 Å². The van der Waals surface area contributed by atoms with Gasteiger partial charge in [0.2, 0.25) is 5.91 Å². The summed E-state index contributed by atoms with van der Waals surface area (Å²) in [5, 5.41) is 2.66. The van der Waals surface area contributed by atoms with Crippen LogP contribution in [-0.4, -0.2) is 70.7 Å². The van der Waals surface area contributed by atoms with E-state index in [9.17, 15) is 9.59 Å². The zero-order chi connectivity index (χ0) is 28.0. The number of alkyl carbamates (subject to hydrolysis) is 1. The SMILES string of the molecule is COC(=O)NC(C(=O)N1[C@H](c2ncc(-c3ccc(B4OC(C)(C)C(C)(C)O4)cc3)[nH]2)COC1(C)C)C(C)C. The van der Waals surface area contributed by atoms with Gasteiger partial charge in [0, 0.05) is 0 Å². The Morgan fingerprint density at radius 2 is 1.71 bits per heavy atom. The number of hydrogen-bond acceptors (Lipinski definition) is 7. The third-order valence-electron chi connectivity index (χ3n) is 7.77. The molecule has 4 rings (SSSR count). The van der Waals surface area contributed by atoms with Crippen LogP contribution in [-0.2, 0) is 23.6 Å². The molecule has 2 atom stereocenters. The summed E-state index contributed by atoms with van der Waals surface area (Å²) < 4.78 is 23.1. The predicted molar refractivity (Wildman–Crippen MR) is 144 cm³/mol. The molecule has 38 heavy (non-hydrogen) atoms. The number of amides is 2. The van der Waals surface area contributed by atoms with Crippen LogP contribution in [0.15, 0.2) is 30.5 Å². The molecule has 1 aromatic heterocycles. The fourth-order valence-electron chi connectivity index (χ4n) is 4.72. The molecule has 2 saturated heterocycles. The van der Waals surface area contributed by atoms with Gasteiger partial charge in [-0.3, -0.25) is 4.79 Å². The van der Waals surface area contributed by atoms with E-state index < -0.39 is 42.2 Å². The highest BCUT2D eigenvalue weighted by atomic mass is 16.7. The standard InChI is InChI=1S/C27H39BN4O6/c1-16(2)21(31-24(34)35-9)23(33)32-20(15-36-27(32,7)8)22-29-14-19(30-22)17-10-12-18(13-11-17)28-37-25(3,4)26(5,6)38-28/h10-14,16,20-21H,15H2,1-9H3,(H,29,30)(H,31,34)/t20-,21?/m0/s1. The van der Waals surface area contributed by atoms with Crippen LogP contribution in [0.2, 0.25) is 0 Å². The van der Waals surface area contributed by atoms with Gasteiger partial charge in [-0.05, 0) is 58.5 Å². The number of aromatic nitrogens is 2. The first-order valence-corrected chi connectivity index (χ1v) is 13.0. The van der Waals surface area contributed by atoms with E-state index in [1.807, 2.05) is 79.7 Å². The number of nitrogens with zero attached hydrogens (tertiary/aromatic N) is 2. The smallest absolute Gasteiger partial charge is 0.453 e. The highest BCUT2D eigenvalue weighted by Gasteiger charge is 2.52. The number of imidazole rings is 1. The van der Waals surface area contributed by atoms with Crippen LogP contribution in [0.3, 0.4) is 0 Å². The quantitative estimate of drug-likeness (QED) is 0.555. The number of methoxy groups -OCH3 is 1. The fraction of sp³-hybridized carbons (Fsp3) is 0.593. The monoisotopic (exact) mass is 526 g/mol. The summed E-state index contributed by atoms with van der Waals surface area (Å²) >= 11 is 0. The van der Waals surface area contributed by atoms with Crippen molar-refractivity contribution in [3.05, 3.63) is 36.3 Å². The van der Waals surface area contributed by atoms with Crippen molar-refractivity contribution in [2.24, 2.45) is 5.92 Å². The van der Waals surface area contributed by atoms with E-state index in [4.69, 9.17) is 18.8 Å². The molecular weight excluding hydrogens is 487 g/mol. The van der Waals surface area contributed by atoms with Crippen molar-refractivity contribution >= 4 is 24.6 Å². The fourth-order valence-corrected chi connectivity index (χ4v) is 4.72. The lowest BCUT2D eigenvalue weighted by atomic mass is 9.79. The Kier molecular flexibility index (Phi) is 7.41. The van der Waals surface area contributed by atoms with E-state index in [0.29, 0.717) is 5.82 Å². The summed E-state index contributed by atoms with van der Waals surface area (Å²) in [5.41, 5.74) is 0.988. The summed E-state index contributed by atoms with van der Waals surface area (Å²) in [7, 11) is 0.839. The molecule has 3 heterocycles. The van der Waals surface area contributed by atoms with E-state index in [-0.39, 0.29) is 18.4 Å². The van der Waals surface area contributed by atoms with Gasteiger partial charge in [-0.1, -0.05) is 38.1 Å². The number of rotatable bonds is 6. The maximum absolute atomic E-state index is 13.7. The third-order valence-corrected chi connectivity index (χ3v) is 7.77. The van der Waals surface area contributed by atoms with Crippen LogP contribution >= 0.6 is 0 Å². The Balaban J connectivity index is 1.54. The largest absolute Gasteiger partial charge is 0.494 e. The highest BCUT2D eigenvalue weighted by molar-refractivity contribution is 6.62. The van der Waals surface area contributed by atoms with Gasteiger partial charge >= 0.3 is 13.2 Å². The Labute approximate surface area is 224 Å². The third kappa shape index (κ3) is 5.19. The minimum Gasteiger partial charge on any atom is -0.453 e. The molecule has 0 bridgehead atoms. The molecule has 2 aliphatic heterocycles. The molecule has 2 N–H and O–H groups in total. The van der Waals surface area contributed by atoms with Crippen molar-refractivity contribution in [1.29, 1.82) is 0 Å². The van der Waals surface area contributed by atoms with Crippen molar-refractivity contribution in [1.82, 2.24) is 20.2 Å². The predicted octanol–water partition coefficient (Wildman–Crippen LogP) is 3.39. The molecule has 11 heteroatoms. The van der Waals surface area contributed by atoms with E-state index in [2.05, 4.69) is 15.3 Å². The summed E-state index contributed by atoms with van der Waals surface area (Å²) in [5.74, 6) is 0.186. The molecule has 2 aromatic rings. The van der Waals surface area contributed by atoms with Crippen molar-refractivity contribution in [2.75, 3.05) is 13.7 Å². The maximum atomic E-state index is 13.7. The second-order valence-electron chi connectivity index (χ2n) is 11.7. The van der Waals surface area contributed by atoms with Gasteiger partial charge in [-0.15, -0.1) is 0 Å². The first-order valence-electron chi connectivity index (χ1n) is 13.0. The molecule has 0 saturated carbocycles. The molecule has 0 aliphatic carbocycles. The zero-order valence-electron chi connectivity index (χ0n) is 23.7. The summed E-state index contributed by atoms with van der Waals surface area (Å²) in [6.45, 7) is 15.8. The number of hydrogen-bond donors (Lipinski definition) is 2. The van der Waals surface area contributed by atoms with Crippen molar-refractivity contribution < 1.29 is 28.4 Å². The van der Waals surface area contributed by atoms with Crippen LogP contribution in [0.1, 0.15) is 67.3 Å². The lowest BCUT2D eigenvalue weighted by Gasteiger charge is -2.36. The van der Waals surface area contributed by atoms with Gasteiger partial charge in [-0.2, -0.15) is 0 Å². The van der Waals surface area contributed by atoms with Gasteiger partial charge in [0.15, 0.2) is 0 Å². The summed E-state index contributed by atoms with van der Waals surface area (Å²) in [4.78, 5) is 35.2. The van der Waals surface area contributed by atoms with Gasteiger partial charge < -0.3 is 34.0 Å². The number of nitrogens with one attached hydrogen (secondary N) is 2. The molecule has 2 fully saturated rings. The Bertz CT molecular complexity index is 1160. The molecule has 0 spiro atoms. The van der Waals surface area contributed by atoms with Crippen molar-refractivity contribution in [3.63, 3.8) is 0 Å². The lowest BCUT2D eigenvalue weighted by Crippen LogP contribution is -2.56. The number of carbonyl (C=O) groups is 2. The zero-order valence-corrected chi connectivity index (χ0v) is 23.7. The van der Waals surface area contributed by atoms with Crippen molar-refractivity contribution in [3.8, 4) is 11.3 Å². The molecule has 206 valence electrons. The Morgan fingerprint density at radius 1 is 1.11 bits per heavy atom. The minimum absolute atomic E-state index is 0.159. The average molecular weight is 526 g/mol. The van der Waals surface area contributed by atoms with E-state index in [1.165, 1.54) is 7.11 Å². The van der Waals surface area contributed by atoms with Crippen LogP contribution in [0.25, 0.3) is 11.3 Å². The lowest BCUT2D eigenvalue weighted by molar-refractivity contribution is -0.149. The molecule has 2 amide bonds. The second kappa shape index (κ2) is 10.0. The second-order valence-corrected chi connectivity index (χ2v) is 11.7. The number of H-pyrrole nitrogens is 1. The first-order chi connectivity index (χ1) is 17.7. The van der Waals surface area contributed by atoms with Crippen LogP contribution < -0.4 is 10.8 Å². The Morgan fingerprint density at radius 3 is 2.26 bits per heavy atom. The van der Waals surface area contributed by atoms with Gasteiger partial charge in [0.1, 0.15) is 23.6 Å². The molecule has 0 radical (unpaired) electrons. The minimum atomic E-state index is -0.885. The first kappa shape index (κ1) is 28.1. The number of carbonyl (C=O) groups excluding carboxylic acids is 2. The number of ether oxygens (including phenoxy) is 2. The summed E-state index contributed by atoms with van der Waals surface area (Å²) in [6, 6.07) is 6.73.